The van der Waals surface area contributed by atoms with Gasteiger partial charge in [-0.25, -0.2) is 4.79 Å². The second-order valence-electron chi connectivity index (χ2n) is 7.03. The van der Waals surface area contributed by atoms with Gasteiger partial charge in [0.15, 0.2) is 0 Å². The summed E-state index contributed by atoms with van der Waals surface area (Å²) in [7, 11) is 0. The molecule has 1 aromatic rings. The number of phenols is 1. The van der Waals surface area contributed by atoms with Gasteiger partial charge in [0.1, 0.15) is 11.4 Å². The molecule has 0 radical (unpaired) electrons. The molecular weight excluding hydrogens is 278 g/mol. The fourth-order valence-electron chi connectivity index (χ4n) is 2.86. The van der Waals surface area contributed by atoms with Crippen molar-refractivity contribution >= 4 is 6.09 Å². The number of hydrogen-bond donors (Lipinski definition) is 1. The highest BCUT2D eigenvalue weighted by molar-refractivity contribution is 5.68. The Morgan fingerprint density at radius 1 is 1.27 bits per heavy atom. The second kappa shape index (κ2) is 7.03. The maximum Gasteiger partial charge on any atom is 0.410 e. The van der Waals surface area contributed by atoms with Crippen molar-refractivity contribution in [3.63, 3.8) is 0 Å². The highest BCUT2D eigenvalue weighted by Gasteiger charge is 2.30. The van der Waals surface area contributed by atoms with E-state index >= 15 is 0 Å². The number of phenolic OH excluding ortho intramolecular Hbond substituents is 1. The van der Waals surface area contributed by atoms with E-state index in [1.54, 1.807) is 12.1 Å². The summed E-state index contributed by atoms with van der Waals surface area (Å²) in [6, 6.07) is 7.55. The molecule has 22 heavy (non-hydrogen) atoms. The first kappa shape index (κ1) is 16.7. The summed E-state index contributed by atoms with van der Waals surface area (Å²) in [6.45, 7) is 6.50. The minimum atomic E-state index is -0.448. The maximum absolute atomic E-state index is 12.4. The first-order valence-electron chi connectivity index (χ1n) is 8.13. The monoisotopic (exact) mass is 305 g/mol. The summed E-state index contributed by atoms with van der Waals surface area (Å²) in [6.07, 6.45) is 4.91. The number of aryl methyl sites for hydroxylation is 1. The summed E-state index contributed by atoms with van der Waals surface area (Å²) in [5.41, 5.74) is 0.739. The fraction of sp³-hybridized carbons (Fsp3) is 0.611. The van der Waals surface area contributed by atoms with Crippen LogP contribution in [0.15, 0.2) is 24.3 Å². The molecule has 1 amide bonds. The topological polar surface area (TPSA) is 49.8 Å². The molecule has 0 bridgehead atoms. The van der Waals surface area contributed by atoms with Gasteiger partial charge in [-0.15, -0.1) is 0 Å². The number of piperidine rings is 1. The quantitative estimate of drug-likeness (QED) is 0.914. The Morgan fingerprint density at radius 2 is 1.95 bits per heavy atom. The van der Waals surface area contributed by atoms with Crippen molar-refractivity contribution < 1.29 is 14.6 Å². The molecule has 122 valence electrons. The van der Waals surface area contributed by atoms with Gasteiger partial charge in [-0.3, -0.25) is 0 Å². The van der Waals surface area contributed by atoms with Gasteiger partial charge in [-0.1, -0.05) is 12.1 Å². The molecular formula is C18H27NO3. The van der Waals surface area contributed by atoms with Crippen LogP contribution in [0.25, 0.3) is 0 Å². The third kappa shape index (κ3) is 4.93. The number of ether oxygens (including phenoxy) is 1. The Hall–Kier alpha value is -1.71. The largest absolute Gasteiger partial charge is 0.508 e. The van der Waals surface area contributed by atoms with Crippen LogP contribution < -0.4 is 0 Å². The number of rotatable bonds is 3. The van der Waals surface area contributed by atoms with Crippen molar-refractivity contribution in [3.05, 3.63) is 29.8 Å². The summed E-state index contributed by atoms with van der Waals surface area (Å²) < 4.78 is 5.53. The van der Waals surface area contributed by atoms with E-state index in [0.29, 0.717) is 0 Å². The molecule has 1 unspecified atom stereocenters. The number of benzene rings is 1. The first-order chi connectivity index (χ1) is 10.3. The van der Waals surface area contributed by atoms with Crippen molar-refractivity contribution in [2.45, 2.75) is 64.5 Å². The van der Waals surface area contributed by atoms with Gasteiger partial charge in [0.05, 0.1) is 0 Å². The first-order valence-corrected chi connectivity index (χ1v) is 8.13. The van der Waals surface area contributed by atoms with Crippen molar-refractivity contribution in [3.8, 4) is 5.75 Å². The zero-order valence-electron chi connectivity index (χ0n) is 13.8. The van der Waals surface area contributed by atoms with Gasteiger partial charge in [0, 0.05) is 12.6 Å². The molecule has 1 saturated heterocycles. The molecule has 4 heteroatoms. The smallest absolute Gasteiger partial charge is 0.410 e. The van der Waals surface area contributed by atoms with Crippen LogP contribution in [-0.4, -0.2) is 34.3 Å². The van der Waals surface area contributed by atoms with E-state index in [1.165, 1.54) is 12.0 Å². The molecule has 1 aliphatic heterocycles. The summed E-state index contributed by atoms with van der Waals surface area (Å²) >= 11 is 0. The second-order valence-corrected chi connectivity index (χ2v) is 7.03. The highest BCUT2D eigenvalue weighted by Crippen LogP contribution is 2.24. The maximum atomic E-state index is 12.4. The molecule has 1 fully saturated rings. The van der Waals surface area contributed by atoms with Crippen molar-refractivity contribution in [1.29, 1.82) is 0 Å². The number of amides is 1. The molecule has 4 nitrogen and oxygen atoms in total. The average molecular weight is 305 g/mol. The van der Waals surface area contributed by atoms with E-state index in [9.17, 15) is 9.90 Å². The average Bonchev–Trinajstić information content (AvgIpc) is 2.45. The normalized spacial score (nSPS) is 19.0. The number of nitrogens with zero attached hydrogens (tertiary/aromatic N) is 1. The van der Waals surface area contributed by atoms with Crippen LogP contribution in [0.2, 0.25) is 0 Å². The van der Waals surface area contributed by atoms with Crippen LogP contribution in [-0.2, 0) is 11.2 Å². The zero-order chi connectivity index (χ0) is 16.2. The summed E-state index contributed by atoms with van der Waals surface area (Å²) in [5, 5.41) is 9.33. The molecule has 1 N–H and O–H groups in total. The summed E-state index contributed by atoms with van der Waals surface area (Å²) in [4.78, 5) is 14.2. The molecule has 0 spiro atoms. The van der Waals surface area contributed by atoms with Gasteiger partial charge in [-0.2, -0.15) is 0 Å². The number of aromatic hydroxyl groups is 1. The van der Waals surface area contributed by atoms with Gasteiger partial charge >= 0.3 is 6.09 Å². The lowest BCUT2D eigenvalue weighted by Gasteiger charge is -2.37. The van der Waals surface area contributed by atoms with Crippen molar-refractivity contribution in [2.24, 2.45) is 0 Å². The van der Waals surface area contributed by atoms with E-state index in [0.717, 1.165) is 32.2 Å². The zero-order valence-corrected chi connectivity index (χ0v) is 13.8. The summed E-state index contributed by atoms with van der Waals surface area (Å²) in [5.74, 6) is 0.289. The van der Waals surface area contributed by atoms with Crippen LogP contribution in [0, 0.1) is 0 Å². The van der Waals surface area contributed by atoms with E-state index in [2.05, 4.69) is 0 Å². The third-order valence-electron chi connectivity index (χ3n) is 3.96. The minimum absolute atomic E-state index is 0.192. The standard InChI is InChI=1S/C18H27NO3/c1-18(2,3)22-17(21)19-13-5-4-6-15(19)10-7-14-8-11-16(20)12-9-14/h8-9,11-12,15,20H,4-7,10,13H2,1-3H3. The van der Waals surface area contributed by atoms with Gasteiger partial charge < -0.3 is 14.7 Å². The number of hydrogen-bond acceptors (Lipinski definition) is 3. The molecule has 1 aliphatic rings. The van der Waals surface area contributed by atoms with Crippen molar-refractivity contribution in [2.75, 3.05) is 6.54 Å². The number of carbonyl (C=O) groups is 1. The Labute approximate surface area is 133 Å². The predicted octanol–water partition coefficient (Wildman–Crippen LogP) is 4.11. The molecule has 0 aromatic heterocycles. The number of carbonyl (C=O) groups excluding carboxylic acids is 1. The van der Waals surface area contributed by atoms with E-state index in [-0.39, 0.29) is 17.9 Å². The fourth-order valence-corrected chi connectivity index (χ4v) is 2.86. The van der Waals surface area contributed by atoms with E-state index in [4.69, 9.17) is 4.74 Å². The molecule has 0 aliphatic carbocycles. The Morgan fingerprint density at radius 3 is 2.59 bits per heavy atom. The van der Waals surface area contributed by atoms with E-state index < -0.39 is 5.60 Å². The van der Waals surface area contributed by atoms with Crippen LogP contribution >= 0.6 is 0 Å². The third-order valence-corrected chi connectivity index (χ3v) is 3.96. The Kier molecular flexibility index (Phi) is 5.33. The van der Waals surface area contributed by atoms with Crippen LogP contribution in [0.1, 0.15) is 52.0 Å². The SMILES string of the molecule is CC(C)(C)OC(=O)N1CCCCC1CCc1ccc(O)cc1. The van der Waals surface area contributed by atoms with Crippen molar-refractivity contribution in [1.82, 2.24) is 4.90 Å². The van der Waals surface area contributed by atoms with Gasteiger partial charge in [0.25, 0.3) is 0 Å². The molecule has 1 heterocycles. The number of likely N-dealkylation sites (tertiary alicyclic amines) is 1. The lowest BCUT2D eigenvalue weighted by Crippen LogP contribution is -2.46. The van der Waals surface area contributed by atoms with Crippen LogP contribution in [0.5, 0.6) is 5.75 Å². The molecule has 1 aromatic carbocycles. The lowest BCUT2D eigenvalue weighted by molar-refractivity contribution is 0.00891. The van der Waals surface area contributed by atoms with Gasteiger partial charge in [0.2, 0.25) is 0 Å². The van der Waals surface area contributed by atoms with Crippen LogP contribution in [0.4, 0.5) is 4.79 Å². The predicted molar refractivity (Wildman–Crippen MR) is 87.0 cm³/mol. The minimum Gasteiger partial charge on any atom is -0.508 e. The molecule has 0 saturated carbocycles. The van der Waals surface area contributed by atoms with Crippen LogP contribution in [0.3, 0.4) is 0 Å². The van der Waals surface area contributed by atoms with Gasteiger partial charge in [-0.05, 0) is 70.6 Å². The molecule has 1 atom stereocenters. The lowest BCUT2D eigenvalue weighted by atomic mass is 9.96. The van der Waals surface area contributed by atoms with E-state index in [1.807, 2.05) is 37.8 Å². The molecule has 2 rings (SSSR count). The Bertz CT molecular complexity index is 490. The highest BCUT2D eigenvalue weighted by atomic mass is 16.6. The Balaban J connectivity index is 1.94.